The first-order valence-electron chi connectivity index (χ1n) is 14.4. The van der Waals surface area contributed by atoms with E-state index in [0.29, 0.717) is 16.1 Å². The number of rotatable bonds is 6. The van der Waals surface area contributed by atoms with Crippen molar-refractivity contribution in [2.75, 3.05) is 37.6 Å². The van der Waals surface area contributed by atoms with Crippen LogP contribution < -0.4 is 15.5 Å². The topological polar surface area (TPSA) is 47.6 Å². The average Bonchev–Trinajstić information content (AvgIpc) is 2.84. The van der Waals surface area contributed by atoms with Gasteiger partial charge in [0.05, 0.1) is 15.7 Å². The van der Waals surface area contributed by atoms with Crippen LogP contribution in [0.25, 0.3) is 0 Å². The lowest BCUT2D eigenvalue weighted by atomic mass is 9.53. The summed E-state index contributed by atoms with van der Waals surface area (Å²) in [6, 6.07) is 6.36. The van der Waals surface area contributed by atoms with Gasteiger partial charge in [0.15, 0.2) is 0 Å². The molecule has 0 radical (unpaired) electrons. The highest BCUT2D eigenvalue weighted by atomic mass is 35.5. The van der Waals surface area contributed by atoms with Gasteiger partial charge in [0, 0.05) is 37.8 Å². The van der Waals surface area contributed by atoms with Crippen LogP contribution in [-0.4, -0.2) is 55.2 Å². The van der Waals surface area contributed by atoms with Crippen LogP contribution in [0.2, 0.25) is 10.0 Å². The predicted octanol–water partition coefficient (Wildman–Crippen LogP) is 6.33. The molecule has 36 heavy (non-hydrogen) atoms. The van der Waals surface area contributed by atoms with Crippen LogP contribution in [0.3, 0.4) is 0 Å². The van der Waals surface area contributed by atoms with Crippen LogP contribution in [0.5, 0.6) is 0 Å². The molecular weight excluding hydrogens is 491 g/mol. The molecule has 198 valence electrons. The summed E-state index contributed by atoms with van der Waals surface area (Å²) in [5, 5.41) is 8.16. The predicted molar refractivity (Wildman–Crippen MR) is 148 cm³/mol. The number of carbonyl (C=O) groups excluding carboxylic acids is 1. The molecule has 0 atom stereocenters. The van der Waals surface area contributed by atoms with Crippen molar-refractivity contribution in [1.29, 1.82) is 0 Å². The van der Waals surface area contributed by atoms with E-state index in [0.717, 1.165) is 68.4 Å². The molecule has 5 saturated carbocycles. The Morgan fingerprint density at radius 3 is 2.19 bits per heavy atom. The van der Waals surface area contributed by atoms with E-state index in [1.807, 2.05) is 12.1 Å². The molecule has 0 unspecified atom stereocenters. The van der Waals surface area contributed by atoms with Gasteiger partial charge in [0.2, 0.25) is 0 Å². The molecule has 1 saturated heterocycles. The molecule has 6 fully saturated rings. The largest absolute Gasteiger partial charge is 0.368 e. The van der Waals surface area contributed by atoms with Gasteiger partial charge in [-0.2, -0.15) is 0 Å². The van der Waals surface area contributed by atoms with Gasteiger partial charge in [-0.05, 0) is 113 Å². The van der Waals surface area contributed by atoms with E-state index in [1.54, 1.807) is 0 Å². The minimum atomic E-state index is 0.109. The zero-order chi connectivity index (χ0) is 24.7. The summed E-state index contributed by atoms with van der Waals surface area (Å²) < 4.78 is 0. The Labute approximate surface area is 226 Å². The smallest absolute Gasteiger partial charge is 0.315 e. The first-order chi connectivity index (χ1) is 17.4. The number of hydrogen-bond donors (Lipinski definition) is 2. The molecule has 7 heteroatoms. The van der Waals surface area contributed by atoms with Gasteiger partial charge in [-0.25, -0.2) is 4.79 Å². The normalized spacial score (nSPS) is 36.2. The molecule has 4 bridgehead atoms. The SMILES string of the molecule is O=C(NC12CC3CC(CC(C3)C1)C2)N[C@H]1CC[C@H](CCN2CCN(c3cccc(Cl)c3Cl)CC2)CC1. The van der Waals surface area contributed by atoms with Crippen LogP contribution in [-0.2, 0) is 0 Å². The fourth-order valence-corrected chi connectivity index (χ4v) is 9.05. The molecule has 2 amide bonds. The fraction of sp³-hybridized carbons (Fsp3) is 0.759. The van der Waals surface area contributed by atoms with Gasteiger partial charge in [0.1, 0.15) is 0 Å². The number of piperazine rings is 1. The maximum atomic E-state index is 12.9. The molecule has 2 N–H and O–H groups in total. The summed E-state index contributed by atoms with van der Waals surface area (Å²) in [5.41, 5.74) is 1.17. The van der Waals surface area contributed by atoms with Crippen molar-refractivity contribution in [1.82, 2.24) is 15.5 Å². The Morgan fingerprint density at radius 2 is 1.56 bits per heavy atom. The Hall–Kier alpha value is -1.17. The maximum Gasteiger partial charge on any atom is 0.315 e. The first kappa shape index (κ1) is 25.1. The number of halogens is 2. The average molecular weight is 534 g/mol. The van der Waals surface area contributed by atoms with Crippen LogP contribution in [0.4, 0.5) is 10.5 Å². The summed E-state index contributed by atoms with van der Waals surface area (Å²) in [5.74, 6) is 3.38. The summed E-state index contributed by atoms with van der Waals surface area (Å²) in [6.45, 7) is 5.31. The molecule has 1 aromatic rings. The summed E-state index contributed by atoms with van der Waals surface area (Å²) in [4.78, 5) is 17.9. The molecule has 1 heterocycles. The molecule has 0 aromatic heterocycles. The number of amides is 2. The monoisotopic (exact) mass is 532 g/mol. The second-order valence-corrected chi connectivity index (χ2v) is 13.5. The van der Waals surface area contributed by atoms with Crippen molar-refractivity contribution in [2.24, 2.45) is 23.7 Å². The minimum Gasteiger partial charge on any atom is -0.368 e. The molecule has 7 rings (SSSR count). The molecule has 0 spiro atoms. The minimum absolute atomic E-state index is 0.109. The third-order valence-electron chi connectivity index (χ3n) is 10.1. The number of urea groups is 1. The van der Waals surface area contributed by atoms with Crippen LogP contribution in [0, 0.1) is 23.7 Å². The number of carbonyl (C=O) groups is 1. The van der Waals surface area contributed by atoms with E-state index < -0.39 is 0 Å². The van der Waals surface area contributed by atoms with E-state index >= 15 is 0 Å². The molecule has 1 aliphatic heterocycles. The number of nitrogens with zero attached hydrogens (tertiary/aromatic N) is 2. The van der Waals surface area contributed by atoms with Gasteiger partial charge < -0.3 is 15.5 Å². The van der Waals surface area contributed by atoms with Gasteiger partial charge in [0.25, 0.3) is 0 Å². The lowest BCUT2D eigenvalue weighted by molar-refractivity contribution is -0.0137. The molecule has 1 aromatic carbocycles. The lowest BCUT2D eigenvalue weighted by Crippen LogP contribution is -2.62. The van der Waals surface area contributed by atoms with E-state index in [9.17, 15) is 4.79 Å². The summed E-state index contributed by atoms with van der Waals surface area (Å²) in [7, 11) is 0. The van der Waals surface area contributed by atoms with Crippen molar-refractivity contribution < 1.29 is 4.79 Å². The highest BCUT2D eigenvalue weighted by molar-refractivity contribution is 6.43. The van der Waals surface area contributed by atoms with Crippen molar-refractivity contribution in [2.45, 2.75) is 82.2 Å². The Morgan fingerprint density at radius 1 is 0.917 bits per heavy atom. The highest BCUT2D eigenvalue weighted by Gasteiger charge is 2.51. The van der Waals surface area contributed by atoms with E-state index in [4.69, 9.17) is 23.2 Å². The van der Waals surface area contributed by atoms with Gasteiger partial charge >= 0.3 is 6.03 Å². The van der Waals surface area contributed by atoms with Crippen molar-refractivity contribution >= 4 is 34.9 Å². The molecule has 5 aliphatic carbocycles. The molecule has 5 nitrogen and oxygen atoms in total. The summed E-state index contributed by atoms with van der Waals surface area (Å²) >= 11 is 12.6. The number of benzene rings is 1. The Balaban J connectivity index is 0.893. The quantitative estimate of drug-likeness (QED) is 0.449. The summed E-state index contributed by atoms with van der Waals surface area (Å²) in [6.07, 6.45) is 13.9. The second-order valence-electron chi connectivity index (χ2n) is 12.7. The Bertz CT molecular complexity index is 904. The maximum absolute atomic E-state index is 12.9. The van der Waals surface area contributed by atoms with Gasteiger partial charge in [-0.3, -0.25) is 4.90 Å². The van der Waals surface area contributed by atoms with Crippen LogP contribution in [0.15, 0.2) is 18.2 Å². The number of hydrogen-bond acceptors (Lipinski definition) is 3. The standard InChI is InChI=1S/C29H42Cl2N4O/c30-25-2-1-3-26(27(25)31)35-12-10-34(11-13-35)9-8-20-4-6-24(7-5-20)32-28(36)33-29-17-21-14-22(18-29)16-23(15-21)19-29/h1-3,20-24H,4-19H2,(H2,32,33,36)/t20-,21?,22?,23?,24-,29?. The van der Waals surface area contributed by atoms with E-state index in [1.165, 1.54) is 64.3 Å². The third-order valence-corrected chi connectivity index (χ3v) is 10.9. The van der Waals surface area contributed by atoms with Crippen LogP contribution >= 0.6 is 23.2 Å². The lowest BCUT2D eigenvalue weighted by Gasteiger charge is -2.56. The van der Waals surface area contributed by atoms with E-state index in [-0.39, 0.29) is 11.6 Å². The van der Waals surface area contributed by atoms with Crippen molar-refractivity contribution in [3.8, 4) is 0 Å². The third kappa shape index (κ3) is 5.49. The zero-order valence-electron chi connectivity index (χ0n) is 21.5. The highest BCUT2D eigenvalue weighted by Crippen LogP contribution is 2.55. The Kier molecular flexibility index (Phi) is 7.35. The van der Waals surface area contributed by atoms with Crippen LogP contribution in [0.1, 0.15) is 70.6 Å². The molecule has 6 aliphatic rings. The zero-order valence-corrected chi connectivity index (χ0v) is 23.0. The number of nitrogens with one attached hydrogen (secondary N) is 2. The van der Waals surface area contributed by atoms with Gasteiger partial charge in [-0.15, -0.1) is 0 Å². The second kappa shape index (κ2) is 10.5. The van der Waals surface area contributed by atoms with E-state index in [2.05, 4.69) is 26.5 Å². The van der Waals surface area contributed by atoms with Crippen molar-refractivity contribution in [3.63, 3.8) is 0 Å². The molecular formula is C29H42Cl2N4O. The van der Waals surface area contributed by atoms with Gasteiger partial charge in [-0.1, -0.05) is 29.3 Å². The fourth-order valence-electron chi connectivity index (χ4n) is 8.64. The number of anilines is 1. The first-order valence-corrected chi connectivity index (χ1v) is 15.2. The van der Waals surface area contributed by atoms with Crippen molar-refractivity contribution in [3.05, 3.63) is 28.2 Å².